The highest BCUT2D eigenvalue weighted by Crippen LogP contribution is 2.47. The molecule has 8 heteroatoms. The van der Waals surface area contributed by atoms with Crippen molar-refractivity contribution in [3.05, 3.63) is 82.2 Å². The van der Waals surface area contributed by atoms with Crippen molar-refractivity contribution >= 4 is 34.0 Å². The molecule has 2 aromatic heterocycles. The Morgan fingerprint density at radius 2 is 2.12 bits per heavy atom. The van der Waals surface area contributed by atoms with Crippen molar-refractivity contribution in [2.45, 2.75) is 25.2 Å². The topological polar surface area (TPSA) is 105 Å². The molecule has 3 aromatic rings. The van der Waals surface area contributed by atoms with Gasteiger partial charge >= 0.3 is 0 Å². The molecule has 3 heterocycles. The molecule has 5 rings (SSSR count). The summed E-state index contributed by atoms with van der Waals surface area (Å²) in [5.74, 6) is 0.234. The number of nitrogens with zero attached hydrogens (tertiary/aromatic N) is 4. The van der Waals surface area contributed by atoms with E-state index in [1.165, 1.54) is 0 Å². The maximum absolute atomic E-state index is 13.3. The largest absolute Gasteiger partial charge is 0.497 e. The third kappa shape index (κ3) is 3.40. The van der Waals surface area contributed by atoms with Crippen molar-refractivity contribution in [1.29, 1.82) is 5.26 Å². The van der Waals surface area contributed by atoms with Crippen LogP contribution in [0.2, 0.25) is 5.15 Å². The summed E-state index contributed by atoms with van der Waals surface area (Å²) in [4.78, 5) is 23.8. The molecule has 2 N–H and O–H groups in total. The number of hydrogen-bond acceptors (Lipinski definition) is 7. The lowest BCUT2D eigenvalue weighted by atomic mass is 9.75. The van der Waals surface area contributed by atoms with E-state index in [1.54, 1.807) is 30.5 Å². The van der Waals surface area contributed by atoms with E-state index in [1.807, 2.05) is 30.3 Å². The van der Waals surface area contributed by atoms with Gasteiger partial charge in [-0.1, -0.05) is 11.6 Å². The average Bonchev–Trinajstić information content (AvgIpc) is 2.83. The van der Waals surface area contributed by atoms with E-state index in [0.29, 0.717) is 47.4 Å². The summed E-state index contributed by atoms with van der Waals surface area (Å²) in [5, 5.41) is 11.2. The summed E-state index contributed by atoms with van der Waals surface area (Å²) in [5.41, 5.74) is 10.1. The monoisotopic (exact) mass is 457 g/mol. The SMILES string of the molecule is COc1ccc2nc(Cl)c(C3C(C#N)=C(N)N(c4cccnc4)C4=C3C(=O)CCC4)cc2c1. The normalized spacial score (nSPS) is 18.4. The smallest absolute Gasteiger partial charge is 0.161 e. The van der Waals surface area contributed by atoms with E-state index in [4.69, 9.17) is 22.1 Å². The molecule has 0 saturated heterocycles. The summed E-state index contributed by atoms with van der Waals surface area (Å²) in [6.07, 6.45) is 5.09. The predicted octanol–water partition coefficient (Wildman–Crippen LogP) is 4.60. The van der Waals surface area contributed by atoms with Gasteiger partial charge in [0.1, 0.15) is 16.7 Å². The van der Waals surface area contributed by atoms with Crippen LogP contribution in [-0.2, 0) is 4.79 Å². The number of halogens is 1. The zero-order valence-electron chi connectivity index (χ0n) is 17.9. The second-order valence-corrected chi connectivity index (χ2v) is 8.31. The number of anilines is 1. The highest BCUT2D eigenvalue weighted by atomic mass is 35.5. The van der Waals surface area contributed by atoms with Gasteiger partial charge in [-0.15, -0.1) is 0 Å². The molecule has 0 amide bonds. The Kier molecular flexibility index (Phi) is 5.23. The number of pyridine rings is 2. The number of Topliss-reactive ketones (excluding diaryl/α,β-unsaturated/α-hetero) is 1. The maximum atomic E-state index is 13.3. The molecule has 1 aliphatic heterocycles. The van der Waals surface area contributed by atoms with E-state index in [0.717, 1.165) is 11.1 Å². The van der Waals surface area contributed by atoms with E-state index in [2.05, 4.69) is 16.0 Å². The Balaban J connectivity index is 1.77. The first-order chi connectivity index (χ1) is 16.0. The van der Waals surface area contributed by atoms with Crippen molar-refractivity contribution in [1.82, 2.24) is 9.97 Å². The van der Waals surface area contributed by atoms with Crippen LogP contribution >= 0.6 is 11.6 Å². The number of nitrogens with two attached hydrogens (primary N) is 1. The second-order valence-electron chi connectivity index (χ2n) is 7.95. The van der Waals surface area contributed by atoms with Gasteiger partial charge in [0.05, 0.1) is 42.1 Å². The molecule has 0 radical (unpaired) electrons. The fourth-order valence-electron chi connectivity index (χ4n) is 4.66. The molecule has 0 bridgehead atoms. The summed E-state index contributed by atoms with van der Waals surface area (Å²) in [7, 11) is 1.59. The molecule has 0 saturated carbocycles. The summed E-state index contributed by atoms with van der Waals surface area (Å²) in [6, 6.07) is 13.2. The molecule has 1 unspecified atom stereocenters. The number of carbonyl (C=O) groups is 1. The second kappa shape index (κ2) is 8.23. The molecule has 164 valence electrons. The third-order valence-corrected chi connectivity index (χ3v) is 6.43. The van der Waals surface area contributed by atoms with Gasteiger partial charge < -0.3 is 10.5 Å². The summed E-state index contributed by atoms with van der Waals surface area (Å²) in [6.45, 7) is 0. The van der Waals surface area contributed by atoms with Gasteiger partial charge in [0.25, 0.3) is 0 Å². The van der Waals surface area contributed by atoms with Crippen molar-refractivity contribution in [3.63, 3.8) is 0 Å². The van der Waals surface area contributed by atoms with Crippen LogP contribution in [0.15, 0.2) is 71.5 Å². The number of ether oxygens (including phenoxy) is 1. The number of hydrogen-bond donors (Lipinski definition) is 1. The van der Waals surface area contributed by atoms with Gasteiger partial charge in [-0.3, -0.25) is 14.7 Å². The van der Waals surface area contributed by atoms with Crippen molar-refractivity contribution < 1.29 is 9.53 Å². The molecular weight excluding hydrogens is 438 g/mol. The first kappa shape index (κ1) is 21.0. The number of fused-ring (bicyclic) bond motifs is 1. The minimum absolute atomic E-state index is 0.0165. The molecular formula is C25H20ClN5O2. The molecule has 1 atom stereocenters. The molecule has 1 aliphatic carbocycles. The van der Waals surface area contributed by atoms with Gasteiger partial charge in [-0.25, -0.2) is 4.98 Å². The fraction of sp³-hybridized carbons (Fsp3) is 0.200. The third-order valence-electron chi connectivity index (χ3n) is 6.13. The van der Waals surface area contributed by atoms with Crippen LogP contribution in [0.5, 0.6) is 5.75 Å². The Labute approximate surface area is 195 Å². The minimum Gasteiger partial charge on any atom is -0.497 e. The fourth-order valence-corrected chi connectivity index (χ4v) is 4.91. The lowest BCUT2D eigenvalue weighted by molar-refractivity contribution is -0.116. The number of methoxy groups -OCH3 is 1. The molecule has 0 fully saturated rings. The standard InChI is InChI=1S/C25H20ClN5O2/c1-33-16-7-8-19-14(10-16)11-17(24(26)30-19)22-18(12-27)25(28)31(15-4-3-9-29-13-15)20-5-2-6-21(32)23(20)22/h3-4,7-11,13,22H,2,5-6,28H2,1H3. The average molecular weight is 458 g/mol. The van der Waals surface area contributed by atoms with E-state index < -0.39 is 5.92 Å². The van der Waals surface area contributed by atoms with E-state index >= 15 is 0 Å². The highest BCUT2D eigenvalue weighted by molar-refractivity contribution is 6.31. The minimum atomic E-state index is -0.693. The van der Waals surface area contributed by atoms with Gasteiger partial charge in [0, 0.05) is 34.8 Å². The van der Waals surface area contributed by atoms with Crippen LogP contribution in [0.25, 0.3) is 10.9 Å². The Morgan fingerprint density at radius 3 is 2.85 bits per heavy atom. The maximum Gasteiger partial charge on any atom is 0.161 e. The van der Waals surface area contributed by atoms with Crippen molar-refractivity contribution in [2.75, 3.05) is 12.0 Å². The van der Waals surface area contributed by atoms with Crippen molar-refractivity contribution in [2.24, 2.45) is 5.73 Å². The zero-order valence-corrected chi connectivity index (χ0v) is 18.6. The van der Waals surface area contributed by atoms with Gasteiger partial charge in [-0.2, -0.15) is 5.26 Å². The number of nitriles is 1. The van der Waals surface area contributed by atoms with E-state index in [-0.39, 0.29) is 22.3 Å². The summed E-state index contributed by atoms with van der Waals surface area (Å²) < 4.78 is 5.34. The number of allylic oxidation sites excluding steroid dienone is 3. The number of ketones is 1. The van der Waals surface area contributed by atoms with Crippen LogP contribution in [0.1, 0.15) is 30.7 Å². The van der Waals surface area contributed by atoms with Crippen LogP contribution in [0.3, 0.4) is 0 Å². The first-order valence-corrected chi connectivity index (χ1v) is 10.9. The van der Waals surface area contributed by atoms with E-state index in [9.17, 15) is 10.1 Å². The van der Waals surface area contributed by atoms with Crippen LogP contribution in [0.4, 0.5) is 5.69 Å². The van der Waals surface area contributed by atoms with Crippen molar-refractivity contribution in [3.8, 4) is 11.8 Å². The quantitative estimate of drug-likeness (QED) is 0.573. The van der Waals surface area contributed by atoms with Gasteiger partial charge in [-0.05, 0) is 49.2 Å². The first-order valence-electron chi connectivity index (χ1n) is 10.5. The van der Waals surface area contributed by atoms with Gasteiger partial charge in [0.2, 0.25) is 0 Å². The number of benzene rings is 1. The molecule has 0 spiro atoms. The molecule has 1 aromatic carbocycles. The Hall–Kier alpha value is -3.89. The molecule has 33 heavy (non-hydrogen) atoms. The number of aromatic nitrogens is 2. The number of carbonyl (C=O) groups excluding carboxylic acids is 1. The van der Waals surface area contributed by atoms with Crippen LogP contribution in [-0.4, -0.2) is 22.9 Å². The molecule has 2 aliphatic rings. The Bertz CT molecular complexity index is 1390. The van der Waals surface area contributed by atoms with Crippen LogP contribution in [0, 0.1) is 11.3 Å². The lowest BCUT2D eigenvalue weighted by Gasteiger charge is -2.39. The predicted molar refractivity (Wildman–Crippen MR) is 125 cm³/mol. The Morgan fingerprint density at radius 1 is 1.27 bits per heavy atom. The zero-order chi connectivity index (χ0) is 23.1. The summed E-state index contributed by atoms with van der Waals surface area (Å²) >= 11 is 6.64. The highest BCUT2D eigenvalue weighted by Gasteiger charge is 2.41. The lowest BCUT2D eigenvalue weighted by Crippen LogP contribution is -2.38. The molecule has 7 nitrogen and oxygen atoms in total. The number of rotatable bonds is 3. The van der Waals surface area contributed by atoms with Crippen LogP contribution < -0.4 is 15.4 Å². The van der Waals surface area contributed by atoms with Gasteiger partial charge in [0.15, 0.2) is 5.78 Å².